The molecule has 0 radical (unpaired) electrons. The van der Waals surface area contributed by atoms with Crippen LogP contribution in [0.3, 0.4) is 0 Å². The van der Waals surface area contributed by atoms with E-state index in [1.165, 1.54) is 31.4 Å². The van der Waals surface area contributed by atoms with Gasteiger partial charge in [-0.1, -0.05) is 19.3 Å². The van der Waals surface area contributed by atoms with Crippen molar-refractivity contribution >= 4 is 27.6 Å². The summed E-state index contributed by atoms with van der Waals surface area (Å²) in [5, 5.41) is 11.8. The maximum absolute atomic E-state index is 14.0. The Kier molecular flexibility index (Phi) is 5.99. The van der Waals surface area contributed by atoms with Gasteiger partial charge in [0, 0.05) is 6.54 Å². The Bertz CT molecular complexity index is 504. The summed E-state index contributed by atoms with van der Waals surface area (Å²) in [7, 11) is 0. The van der Waals surface area contributed by atoms with Crippen molar-refractivity contribution in [3.8, 4) is 0 Å². The predicted octanol–water partition coefficient (Wildman–Crippen LogP) is 4.05. The molecule has 0 spiro atoms. The molecule has 116 valence electrons. The number of halogens is 2. The molecule has 0 amide bonds. The van der Waals surface area contributed by atoms with E-state index in [0.29, 0.717) is 19.3 Å². The Morgan fingerprint density at radius 3 is 2.76 bits per heavy atom. The minimum absolute atomic E-state index is 0.0341. The Balaban J connectivity index is 1.83. The van der Waals surface area contributed by atoms with Crippen molar-refractivity contribution in [1.82, 2.24) is 0 Å². The van der Waals surface area contributed by atoms with Gasteiger partial charge in [-0.15, -0.1) is 0 Å². The second kappa shape index (κ2) is 7.75. The largest absolute Gasteiger partial charge is 0.478 e. The second-order valence-corrected chi connectivity index (χ2v) is 5.94. The van der Waals surface area contributed by atoms with E-state index in [0.717, 1.165) is 12.8 Å². The summed E-state index contributed by atoms with van der Waals surface area (Å²) < 4.78 is 19.7. The van der Waals surface area contributed by atoms with Crippen molar-refractivity contribution in [2.24, 2.45) is 0 Å². The van der Waals surface area contributed by atoms with Crippen LogP contribution >= 0.6 is 15.9 Å². The highest BCUT2D eigenvalue weighted by atomic mass is 79.9. The topological polar surface area (TPSA) is 58.6 Å². The van der Waals surface area contributed by atoms with Crippen LogP contribution < -0.4 is 5.32 Å². The monoisotopic (exact) mass is 359 g/mol. The number of rotatable bonds is 6. The van der Waals surface area contributed by atoms with Gasteiger partial charge in [0.2, 0.25) is 0 Å². The maximum atomic E-state index is 14.0. The molecule has 0 heterocycles. The number of hydrogen-bond acceptors (Lipinski definition) is 3. The van der Waals surface area contributed by atoms with Crippen molar-refractivity contribution in [2.75, 3.05) is 18.5 Å². The number of anilines is 1. The van der Waals surface area contributed by atoms with E-state index in [-0.39, 0.29) is 15.7 Å². The third-order valence-corrected chi connectivity index (χ3v) is 4.41. The van der Waals surface area contributed by atoms with E-state index >= 15 is 0 Å². The quantitative estimate of drug-likeness (QED) is 0.752. The third kappa shape index (κ3) is 4.41. The summed E-state index contributed by atoms with van der Waals surface area (Å²) in [6, 6.07) is 2.81. The molecule has 4 nitrogen and oxygen atoms in total. The van der Waals surface area contributed by atoms with E-state index in [9.17, 15) is 9.18 Å². The smallest absolute Gasteiger partial charge is 0.336 e. The number of carbonyl (C=O) groups is 1. The van der Waals surface area contributed by atoms with Gasteiger partial charge in [0.1, 0.15) is 0 Å². The molecule has 2 rings (SSSR count). The third-order valence-electron chi connectivity index (χ3n) is 3.64. The number of aromatic carboxylic acids is 1. The van der Waals surface area contributed by atoms with E-state index in [1.54, 1.807) is 0 Å². The minimum atomic E-state index is -1.16. The predicted molar refractivity (Wildman–Crippen MR) is 82.4 cm³/mol. The van der Waals surface area contributed by atoms with Crippen LogP contribution in [0.5, 0.6) is 0 Å². The number of ether oxygens (including phenoxy) is 1. The molecule has 21 heavy (non-hydrogen) atoms. The van der Waals surface area contributed by atoms with Crippen molar-refractivity contribution < 1.29 is 19.0 Å². The van der Waals surface area contributed by atoms with Crippen molar-refractivity contribution in [3.05, 3.63) is 28.0 Å². The van der Waals surface area contributed by atoms with Gasteiger partial charge in [0.05, 0.1) is 28.4 Å². The van der Waals surface area contributed by atoms with Crippen LogP contribution in [0.15, 0.2) is 16.6 Å². The van der Waals surface area contributed by atoms with Gasteiger partial charge < -0.3 is 15.2 Å². The number of benzene rings is 1. The van der Waals surface area contributed by atoms with Gasteiger partial charge >= 0.3 is 5.97 Å². The fraction of sp³-hybridized carbons (Fsp3) is 0.533. The van der Waals surface area contributed by atoms with Crippen molar-refractivity contribution in [2.45, 2.75) is 38.2 Å². The molecule has 0 saturated heterocycles. The van der Waals surface area contributed by atoms with E-state index < -0.39 is 11.8 Å². The Hall–Kier alpha value is -1.14. The molecule has 1 fully saturated rings. The SMILES string of the molecule is O=C(O)c1ccc(NCCOC2CCCCC2)c(F)c1Br. The summed E-state index contributed by atoms with van der Waals surface area (Å²) in [5.41, 5.74) is 0.190. The average molecular weight is 360 g/mol. The summed E-state index contributed by atoms with van der Waals surface area (Å²) in [5.74, 6) is -1.75. The highest BCUT2D eigenvalue weighted by Gasteiger charge is 2.16. The lowest BCUT2D eigenvalue weighted by Gasteiger charge is -2.22. The molecule has 1 aromatic rings. The molecule has 0 atom stereocenters. The standard InChI is InChI=1S/C15H19BrFNO3/c16-13-11(15(19)20)6-7-12(14(13)17)18-8-9-21-10-4-2-1-3-5-10/h6-7,10,18H,1-5,8-9H2,(H,19,20). The molecule has 0 aromatic heterocycles. The van der Waals surface area contributed by atoms with Crippen LogP contribution in [0, 0.1) is 5.82 Å². The van der Waals surface area contributed by atoms with Crippen LogP contribution in [0.25, 0.3) is 0 Å². The molecule has 1 saturated carbocycles. The molecule has 0 unspecified atom stereocenters. The van der Waals surface area contributed by atoms with E-state index in [1.807, 2.05) is 0 Å². The summed E-state index contributed by atoms with van der Waals surface area (Å²) >= 11 is 2.98. The normalized spacial score (nSPS) is 15.9. The highest BCUT2D eigenvalue weighted by molar-refractivity contribution is 9.10. The molecule has 2 N–H and O–H groups in total. The molecular formula is C15H19BrFNO3. The lowest BCUT2D eigenvalue weighted by molar-refractivity contribution is 0.0347. The molecule has 1 aliphatic rings. The molecule has 0 aliphatic heterocycles. The average Bonchev–Trinajstić information content (AvgIpc) is 2.48. The fourth-order valence-electron chi connectivity index (χ4n) is 2.49. The summed E-state index contributed by atoms with van der Waals surface area (Å²) in [6.45, 7) is 1.01. The number of nitrogens with one attached hydrogen (secondary N) is 1. The van der Waals surface area contributed by atoms with Crippen molar-refractivity contribution in [3.63, 3.8) is 0 Å². The van der Waals surface area contributed by atoms with Crippen LogP contribution in [0.1, 0.15) is 42.5 Å². The molecule has 0 bridgehead atoms. The van der Waals surface area contributed by atoms with Gasteiger partial charge in [-0.2, -0.15) is 0 Å². The first-order chi connectivity index (χ1) is 10.1. The Labute approximate surface area is 131 Å². The van der Waals surface area contributed by atoms with Gasteiger partial charge in [0.15, 0.2) is 5.82 Å². The highest BCUT2D eigenvalue weighted by Crippen LogP contribution is 2.27. The minimum Gasteiger partial charge on any atom is -0.478 e. The van der Waals surface area contributed by atoms with E-state index in [2.05, 4.69) is 21.2 Å². The lowest BCUT2D eigenvalue weighted by atomic mass is 9.98. The zero-order chi connectivity index (χ0) is 15.2. The molecular weight excluding hydrogens is 341 g/mol. The number of hydrogen-bond donors (Lipinski definition) is 2. The molecule has 1 aromatic carbocycles. The van der Waals surface area contributed by atoms with E-state index in [4.69, 9.17) is 9.84 Å². The number of carboxylic acid groups (broad SMARTS) is 1. The summed E-state index contributed by atoms with van der Waals surface area (Å²) in [6.07, 6.45) is 6.26. The van der Waals surface area contributed by atoms with Crippen molar-refractivity contribution in [1.29, 1.82) is 0 Å². The second-order valence-electron chi connectivity index (χ2n) is 5.15. The van der Waals surface area contributed by atoms with Crippen LogP contribution in [-0.4, -0.2) is 30.3 Å². The van der Waals surface area contributed by atoms with Gasteiger partial charge in [0.25, 0.3) is 0 Å². The Morgan fingerprint density at radius 2 is 2.10 bits per heavy atom. The van der Waals surface area contributed by atoms with Crippen LogP contribution in [0.2, 0.25) is 0 Å². The van der Waals surface area contributed by atoms with Crippen LogP contribution in [-0.2, 0) is 4.74 Å². The van der Waals surface area contributed by atoms with Gasteiger partial charge in [-0.05, 0) is 40.9 Å². The molecule has 1 aliphatic carbocycles. The number of carboxylic acids is 1. The first kappa shape index (κ1) is 16.2. The summed E-state index contributed by atoms with van der Waals surface area (Å²) in [4.78, 5) is 10.9. The maximum Gasteiger partial charge on any atom is 0.336 e. The first-order valence-corrected chi connectivity index (χ1v) is 7.95. The van der Waals surface area contributed by atoms with Gasteiger partial charge in [-0.25, -0.2) is 9.18 Å². The zero-order valence-electron chi connectivity index (χ0n) is 11.7. The zero-order valence-corrected chi connectivity index (χ0v) is 13.3. The molecule has 6 heteroatoms. The first-order valence-electron chi connectivity index (χ1n) is 7.16. The fourth-order valence-corrected chi connectivity index (χ4v) is 3.01. The Morgan fingerprint density at radius 1 is 1.38 bits per heavy atom. The van der Waals surface area contributed by atoms with Crippen LogP contribution in [0.4, 0.5) is 10.1 Å². The lowest BCUT2D eigenvalue weighted by Crippen LogP contribution is -2.20. The van der Waals surface area contributed by atoms with Gasteiger partial charge in [-0.3, -0.25) is 0 Å².